The number of benzene rings is 2. The van der Waals surface area contributed by atoms with E-state index in [0.717, 1.165) is 33.7 Å². The van der Waals surface area contributed by atoms with Crippen LogP contribution in [-0.4, -0.2) is 29.9 Å². The van der Waals surface area contributed by atoms with Crippen LogP contribution in [0.1, 0.15) is 51.3 Å². The number of carbonyl (C=O) groups is 3. The number of carbonyl (C=O) groups excluding carboxylic acids is 3. The van der Waals surface area contributed by atoms with Crippen molar-refractivity contribution in [2.45, 2.75) is 46.6 Å². The maximum Gasteiger partial charge on any atom is 0.335 e. The molecular formula is C27H28FN3O3. The average molecular weight is 462 g/mol. The van der Waals surface area contributed by atoms with Gasteiger partial charge >= 0.3 is 6.03 Å². The van der Waals surface area contributed by atoms with Gasteiger partial charge in [0.1, 0.15) is 11.4 Å². The van der Waals surface area contributed by atoms with Crippen LogP contribution in [0.15, 0.2) is 48.0 Å². The van der Waals surface area contributed by atoms with Gasteiger partial charge < -0.3 is 4.90 Å². The Bertz CT molecular complexity index is 1260. The van der Waals surface area contributed by atoms with Crippen LogP contribution < -0.4 is 15.1 Å². The molecule has 4 amide bonds. The van der Waals surface area contributed by atoms with Crippen molar-refractivity contribution in [3.63, 3.8) is 0 Å². The molecule has 0 spiro atoms. The molecule has 4 rings (SSSR count). The van der Waals surface area contributed by atoms with Gasteiger partial charge in [-0.25, -0.2) is 14.1 Å². The molecule has 2 heterocycles. The Labute approximate surface area is 198 Å². The van der Waals surface area contributed by atoms with Gasteiger partial charge in [-0.15, -0.1) is 0 Å². The lowest BCUT2D eigenvalue weighted by molar-refractivity contribution is -0.122. The lowest BCUT2D eigenvalue weighted by Crippen LogP contribution is -2.54. The number of amides is 4. The summed E-state index contributed by atoms with van der Waals surface area (Å²) in [6, 6.07) is 9.20. The predicted molar refractivity (Wildman–Crippen MR) is 132 cm³/mol. The molecule has 2 aromatic rings. The fourth-order valence-electron chi connectivity index (χ4n) is 4.73. The zero-order valence-corrected chi connectivity index (χ0v) is 20.0. The Balaban J connectivity index is 1.77. The van der Waals surface area contributed by atoms with E-state index in [2.05, 4.69) is 30.1 Å². The summed E-state index contributed by atoms with van der Waals surface area (Å²) < 4.78 is 15.2. The minimum absolute atomic E-state index is 0.108. The summed E-state index contributed by atoms with van der Waals surface area (Å²) in [6.45, 7) is 10.8. The molecule has 0 aromatic heterocycles. The Morgan fingerprint density at radius 1 is 1.06 bits per heavy atom. The number of rotatable bonds is 4. The number of hydrogen-bond donors (Lipinski definition) is 1. The van der Waals surface area contributed by atoms with E-state index in [4.69, 9.17) is 0 Å². The van der Waals surface area contributed by atoms with Gasteiger partial charge in [-0.1, -0.05) is 25.1 Å². The van der Waals surface area contributed by atoms with Crippen LogP contribution >= 0.6 is 0 Å². The molecule has 176 valence electrons. The first-order chi connectivity index (χ1) is 16.1. The predicted octanol–water partition coefficient (Wildman–Crippen LogP) is 5.08. The molecule has 2 aromatic carbocycles. The highest BCUT2D eigenvalue weighted by molar-refractivity contribution is 6.39. The summed E-state index contributed by atoms with van der Waals surface area (Å²) in [5.74, 6) is -2.19. The first kappa shape index (κ1) is 23.4. The number of halogens is 1. The van der Waals surface area contributed by atoms with Crippen molar-refractivity contribution in [1.82, 2.24) is 5.32 Å². The van der Waals surface area contributed by atoms with Gasteiger partial charge in [0.2, 0.25) is 0 Å². The first-order valence-electron chi connectivity index (χ1n) is 11.4. The van der Waals surface area contributed by atoms with Crippen molar-refractivity contribution < 1.29 is 18.8 Å². The molecule has 0 bridgehead atoms. The Morgan fingerprint density at radius 3 is 2.35 bits per heavy atom. The lowest BCUT2D eigenvalue weighted by Gasteiger charge is -2.43. The molecule has 34 heavy (non-hydrogen) atoms. The van der Waals surface area contributed by atoms with Crippen molar-refractivity contribution in [3.05, 3.63) is 70.6 Å². The number of urea groups is 1. The van der Waals surface area contributed by atoms with E-state index >= 15 is 4.39 Å². The van der Waals surface area contributed by atoms with Gasteiger partial charge in [-0.05, 0) is 75.6 Å². The third kappa shape index (κ3) is 3.91. The van der Waals surface area contributed by atoms with E-state index < -0.39 is 23.7 Å². The van der Waals surface area contributed by atoms with Crippen LogP contribution in [0.25, 0.3) is 11.6 Å². The maximum atomic E-state index is 15.2. The molecule has 7 heteroatoms. The quantitative estimate of drug-likeness (QED) is 0.510. The normalized spacial score (nSPS) is 18.7. The van der Waals surface area contributed by atoms with Crippen molar-refractivity contribution in [3.8, 4) is 0 Å². The molecule has 0 saturated carbocycles. The fraction of sp³-hybridized carbons (Fsp3) is 0.296. The van der Waals surface area contributed by atoms with E-state index in [1.165, 1.54) is 12.1 Å². The van der Waals surface area contributed by atoms with Crippen LogP contribution in [0.3, 0.4) is 0 Å². The molecule has 1 fully saturated rings. The Morgan fingerprint density at radius 2 is 1.74 bits per heavy atom. The van der Waals surface area contributed by atoms with E-state index in [1.807, 2.05) is 32.9 Å². The number of imide groups is 2. The number of nitrogens with one attached hydrogen (secondary N) is 1. The van der Waals surface area contributed by atoms with Crippen LogP contribution in [0.2, 0.25) is 0 Å². The van der Waals surface area contributed by atoms with Gasteiger partial charge in [0, 0.05) is 23.4 Å². The molecule has 1 saturated heterocycles. The van der Waals surface area contributed by atoms with E-state index in [9.17, 15) is 14.4 Å². The molecule has 0 atom stereocenters. The summed E-state index contributed by atoms with van der Waals surface area (Å²) in [6.07, 6.45) is 4.14. The summed E-state index contributed by atoms with van der Waals surface area (Å²) in [5, 5.41) is 2.19. The molecule has 0 aliphatic carbocycles. The summed E-state index contributed by atoms with van der Waals surface area (Å²) in [5.41, 5.74) is 3.50. The van der Waals surface area contributed by atoms with Gasteiger partial charge in [-0.2, -0.15) is 0 Å². The zero-order chi connectivity index (χ0) is 24.8. The third-order valence-corrected chi connectivity index (χ3v) is 6.42. The average Bonchev–Trinajstić information content (AvgIpc) is 2.77. The first-order valence-corrected chi connectivity index (χ1v) is 11.4. The van der Waals surface area contributed by atoms with Crippen LogP contribution in [0.4, 0.5) is 20.6 Å². The highest BCUT2D eigenvalue weighted by Crippen LogP contribution is 2.40. The lowest BCUT2D eigenvalue weighted by atomic mass is 9.87. The number of anilines is 2. The second-order valence-electron chi connectivity index (χ2n) is 9.09. The standard InChI is InChI=1S/C27H28FN3O3/c1-6-17-8-10-19(11-9-17)31-25(33)21(24(32)29-26(31)34)13-18-12-20-16(3)15-27(4,5)30(7-2)23(20)14-22(18)28/h8-15H,6-7H2,1-5H3,(H,29,32,34)/b21-13-. The highest BCUT2D eigenvalue weighted by Gasteiger charge is 2.37. The number of barbiturate groups is 1. The smallest absolute Gasteiger partial charge is 0.335 e. The fourth-order valence-corrected chi connectivity index (χ4v) is 4.73. The molecule has 6 nitrogen and oxygen atoms in total. The molecule has 0 radical (unpaired) electrons. The highest BCUT2D eigenvalue weighted by atomic mass is 19.1. The van der Waals surface area contributed by atoms with Gasteiger partial charge in [0.25, 0.3) is 11.8 Å². The number of nitrogens with zero attached hydrogens (tertiary/aromatic N) is 2. The van der Waals surface area contributed by atoms with E-state index in [-0.39, 0.29) is 16.7 Å². The maximum absolute atomic E-state index is 15.2. The minimum Gasteiger partial charge on any atom is -0.363 e. The topological polar surface area (TPSA) is 69.7 Å². The van der Waals surface area contributed by atoms with E-state index in [1.54, 1.807) is 18.2 Å². The van der Waals surface area contributed by atoms with E-state index in [0.29, 0.717) is 12.2 Å². The largest absolute Gasteiger partial charge is 0.363 e. The van der Waals surface area contributed by atoms with Gasteiger partial charge in [0.05, 0.1) is 11.2 Å². The number of aryl methyl sites for hydroxylation is 1. The molecule has 0 unspecified atom stereocenters. The second-order valence-corrected chi connectivity index (χ2v) is 9.09. The Hall–Kier alpha value is -3.74. The van der Waals surface area contributed by atoms with Gasteiger partial charge in [0.15, 0.2) is 0 Å². The van der Waals surface area contributed by atoms with Crippen LogP contribution in [0, 0.1) is 5.82 Å². The number of allylic oxidation sites excluding steroid dienone is 1. The summed E-state index contributed by atoms with van der Waals surface area (Å²) in [4.78, 5) is 41.2. The second kappa shape index (κ2) is 8.56. The molecular weight excluding hydrogens is 433 g/mol. The van der Waals surface area contributed by atoms with Crippen LogP contribution in [-0.2, 0) is 16.0 Å². The molecule has 2 aliphatic heterocycles. The number of fused-ring (bicyclic) bond motifs is 1. The molecule has 2 aliphatic rings. The Kier molecular flexibility index (Phi) is 5.89. The summed E-state index contributed by atoms with van der Waals surface area (Å²) in [7, 11) is 0. The summed E-state index contributed by atoms with van der Waals surface area (Å²) >= 11 is 0. The number of hydrogen-bond acceptors (Lipinski definition) is 4. The van der Waals surface area contributed by atoms with Crippen molar-refractivity contribution in [1.29, 1.82) is 0 Å². The third-order valence-electron chi connectivity index (χ3n) is 6.42. The van der Waals surface area contributed by atoms with Crippen molar-refractivity contribution in [2.24, 2.45) is 0 Å². The zero-order valence-electron chi connectivity index (χ0n) is 20.0. The van der Waals surface area contributed by atoms with Gasteiger partial charge in [-0.3, -0.25) is 14.9 Å². The number of likely N-dealkylation sites (N-methyl/N-ethyl adjacent to an activating group) is 1. The minimum atomic E-state index is -0.850. The van der Waals surface area contributed by atoms with Crippen LogP contribution in [0.5, 0.6) is 0 Å². The monoisotopic (exact) mass is 461 g/mol. The van der Waals surface area contributed by atoms with Crippen molar-refractivity contribution in [2.75, 3.05) is 16.3 Å². The molecule has 1 N–H and O–H groups in total. The van der Waals surface area contributed by atoms with Crippen molar-refractivity contribution >= 4 is 40.9 Å². The SMILES string of the molecule is CCc1ccc(N2C(=O)NC(=O)/C(=C/c3cc4c(cc3F)N(CC)C(C)(C)C=C4C)C2=O)cc1.